The lowest BCUT2D eigenvalue weighted by Crippen LogP contribution is -2.52. The van der Waals surface area contributed by atoms with Crippen molar-refractivity contribution in [2.75, 3.05) is 53.4 Å². The van der Waals surface area contributed by atoms with Crippen LogP contribution in [0.3, 0.4) is 0 Å². The molecule has 2 fully saturated rings. The first kappa shape index (κ1) is 18.2. The molecule has 0 amide bonds. The fourth-order valence-corrected chi connectivity index (χ4v) is 4.23. The van der Waals surface area contributed by atoms with Crippen molar-refractivity contribution >= 4 is 15.9 Å². The third-order valence-electron chi connectivity index (χ3n) is 5.57. The maximum absolute atomic E-state index is 5.58. The Hall–Kier alpha value is -0.620. The quantitative estimate of drug-likeness (QED) is 0.779. The molecule has 1 aromatic carbocycles. The number of ether oxygens (including phenoxy) is 1. The Bertz CT molecular complexity index is 550. The van der Waals surface area contributed by atoms with Gasteiger partial charge in [-0.05, 0) is 57.6 Å². The Kier molecular flexibility index (Phi) is 6.19. The Balaban J connectivity index is 1.55. The van der Waals surface area contributed by atoms with Gasteiger partial charge in [-0.2, -0.15) is 0 Å². The summed E-state index contributed by atoms with van der Waals surface area (Å²) in [6, 6.07) is 5.14. The van der Waals surface area contributed by atoms with Crippen molar-refractivity contribution in [3.8, 4) is 5.75 Å². The second-order valence-electron chi connectivity index (χ2n) is 7.26. The predicted molar refractivity (Wildman–Crippen MR) is 103 cm³/mol. The molecule has 134 valence electrons. The van der Waals surface area contributed by atoms with Crippen LogP contribution in [0.2, 0.25) is 0 Å². The Morgan fingerprint density at radius 1 is 1.08 bits per heavy atom. The molecule has 0 unspecified atom stereocenters. The Morgan fingerprint density at radius 3 is 2.38 bits per heavy atom. The SMILES string of the molecule is COc1cc(Br)c(C)cc1CN1CCC(N2CCN(C)CC2)CC1. The predicted octanol–water partition coefficient (Wildman–Crippen LogP) is 2.98. The molecule has 2 saturated heterocycles. The minimum absolute atomic E-state index is 0.781. The summed E-state index contributed by atoms with van der Waals surface area (Å²) in [6.45, 7) is 10.4. The van der Waals surface area contributed by atoms with Gasteiger partial charge in [0.25, 0.3) is 0 Å². The second-order valence-corrected chi connectivity index (χ2v) is 8.11. The number of piperazine rings is 1. The van der Waals surface area contributed by atoms with Crippen LogP contribution in [0, 0.1) is 6.92 Å². The summed E-state index contributed by atoms with van der Waals surface area (Å²) in [6.07, 6.45) is 2.59. The van der Waals surface area contributed by atoms with E-state index >= 15 is 0 Å². The van der Waals surface area contributed by atoms with Gasteiger partial charge in [-0.1, -0.05) is 15.9 Å². The van der Waals surface area contributed by atoms with E-state index in [1.165, 1.54) is 63.2 Å². The molecule has 3 rings (SSSR count). The van der Waals surface area contributed by atoms with Crippen molar-refractivity contribution < 1.29 is 4.74 Å². The zero-order valence-corrected chi connectivity index (χ0v) is 16.8. The molecule has 1 aromatic rings. The third kappa shape index (κ3) is 4.31. The molecule has 0 spiro atoms. The van der Waals surface area contributed by atoms with Crippen LogP contribution in [0.15, 0.2) is 16.6 Å². The van der Waals surface area contributed by atoms with Crippen molar-refractivity contribution in [1.82, 2.24) is 14.7 Å². The average Bonchev–Trinajstić information content (AvgIpc) is 2.59. The minimum Gasteiger partial charge on any atom is -0.496 e. The third-order valence-corrected chi connectivity index (χ3v) is 6.42. The van der Waals surface area contributed by atoms with E-state index < -0.39 is 0 Å². The standard InChI is InChI=1S/C19H30BrN3O/c1-15-12-16(19(24-3)13-18(15)20)14-22-6-4-17(5-7-22)23-10-8-21(2)9-11-23/h12-13,17H,4-11,14H2,1-3H3. The van der Waals surface area contributed by atoms with Gasteiger partial charge < -0.3 is 9.64 Å². The fraction of sp³-hybridized carbons (Fsp3) is 0.684. The number of hydrogen-bond donors (Lipinski definition) is 0. The second kappa shape index (κ2) is 8.17. The lowest BCUT2D eigenvalue weighted by molar-refractivity contribution is 0.0656. The van der Waals surface area contributed by atoms with Gasteiger partial charge >= 0.3 is 0 Å². The summed E-state index contributed by atoms with van der Waals surface area (Å²) in [5, 5.41) is 0. The van der Waals surface area contributed by atoms with Crippen LogP contribution in [-0.4, -0.2) is 74.2 Å². The number of hydrogen-bond acceptors (Lipinski definition) is 4. The minimum atomic E-state index is 0.781. The zero-order chi connectivity index (χ0) is 17.1. The first-order chi connectivity index (χ1) is 11.6. The number of likely N-dealkylation sites (tertiary alicyclic amines) is 1. The van der Waals surface area contributed by atoms with Gasteiger partial charge in [0.05, 0.1) is 7.11 Å². The fourth-order valence-electron chi connectivity index (χ4n) is 3.91. The summed E-state index contributed by atoms with van der Waals surface area (Å²) in [7, 11) is 3.99. The molecular weight excluding hydrogens is 366 g/mol. The molecule has 0 bridgehead atoms. The molecular formula is C19H30BrN3O. The van der Waals surface area contributed by atoms with Gasteiger partial charge in [-0.25, -0.2) is 0 Å². The molecule has 4 nitrogen and oxygen atoms in total. The van der Waals surface area contributed by atoms with E-state index in [-0.39, 0.29) is 0 Å². The molecule has 2 aliphatic heterocycles. The van der Waals surface area contributed by atoms with Crippen molar-refractivity contribution in [1.29, 1.82) is 0 Å². The molecule has 0 atom stereocenters. The van der Waals surface area contributed by atoms with E-state index in [2.05, 4.69) is 56.7 Å². The monoisotopic (exact) mass is 395 g/mol. The lowest BCUT2D eigenvalue weighted by atomic mass is 10.0. The maximum atomic E-state index is 5.58. The molecule has 24 heavy (non-hydrogen) atoms. The van der Waals surface area contributed by atoms with E-state index in [1.54, 1.807) is 7.11 Å². The highest BCUT2D eigenvalue weighted by Crippen LogP contribution is 2.29. The van der Waals surface area contributed by atoms with E-state index in [4.69, 9.17) is 4.74 Å². The van der Waals surface area contributed by atoms with Gasteiger partial charge in [0, 0.05) is 48.8 Å². The molecule has 0 saturated carbocycles. The zero-order valence-electron chi connectivity index (χ0n) is 15.2. The van der Waals surface area contributed by atoms with Gasteiger partial charge in [-0.3, -0.25) is 9.80 Å². The van der Waals surface area contributed by atoms with Crippen LogP contribution in [0.1, 0.15) is 24.0 Å². The first-order valence-electron chi connectivity index (χ1n) is 9.05. The van der Waals surface area contributed by atoms with Gasteiger partial charge in [-0.15, -0.1) is 0 Å². The van der Waals surface area contributed by atoms with E-state index in [9.17, 15) is 0 Å². The number of benzene rings is 1. The maximum Gasteiger partial charge on any atom is 0.124 e. The normalized spacial score (nSPS) is 22.0. The van der Waals surface area contributed by atoms with Crippen LogP contribution >= 0.6 is 15.9 Å². The average molecular weight is 396 g/mol. The molecule has 0 aliphatic carbocycles. The largest absolute Gasteiger partial charge is 0.496 e. The van der Waals surface area contributed by atoms with Gasteiger partial charge in [0.2, 0.25) is 0 Å². The van der Waals surface area contributed by atoms with Gasteiger partial charge in [0.15, 0.2) is 0 Å². The number of nitrogens with zero attached hydrogens (tertiary/aromatic N) is 3. The van der Waals surface area contributed by atoms with Crippen molar-refractivity contribution in [2.45, 2.75) is 32.4 Å². The molecule has 2 aliphatic rings. The van der Waals surface area contributed by atoms with Crippen molar-refractivity contribution in [3.05, 3.63) is 27.7 Å². The number of piperidine rings is 1. The number of likely N-dealkylation sites (N-methyl/N-ethyl adjacent to an activating group) is 1. The highest BCUT2D eigenvalue weighted by molar-refractivity contribution is 9.10. The highest BCUT2D eigenvalue weighted by Gasteiger charge is 2.27. The summed E-state index contributed by atoms with van der Waals surface area (Å²) in [4.78, 5) is 7.73. The Labute approximate surface area is 154 Å². The van der Waals surface area contributed by atoms with Crippen LogP contribution in [0.4, 0.5) is 0 Å². The van der Waals surface area contributed by atoms with Crippen LogP contribution in [-0.2, 0) is 6.54 Å². The summed E-state index contributed by atoms with van der Waals surface area (Å²) in [5.41, 5.74) is 2.58. The molecule has 2 heterocycles. The van der Waals surface area contributed by atoms with E-state index in [1.807, 2.05) is 0 Å². The lowest BCUT2D eigenvalue weighted by Gasteiger charge is -2.42. The number of rotatable bonds is 4. The smallest absolute Gasteiger partial charge is 0.124 e. The topological polar surface area (TPSA) is 19.0 Å². The van der Waals surface area contributed by atoms with Crippen molar-refractivity contribution in [2.24, 2.45) is 0 Å². The number of halogens is 1. The van der Waals surface area contributed by atoms with Crippen LogP contribution in [0.5, 0.6) is 5.75 Å². The molecule has 0 aromatic heterocycles. The summed E-state index contributed by atoms with van der Waals surface area (Å²) >= 11 is 3.60. The van der Waals surface area contributed by atoms with Gasteiger partial charge in [0.1, 0.15) is 5.75 Å². The van der Waals surface area contributed by atoms with E-state index in [0.29, 0.717) is 0 Å². The van der Waals surface area contributed by atoms with Crippen LogP contribution in [0.25, 0.3) is 0 Å². The summed E-state index contributed by atoms with van der Waals surface area (Å²) in [5.74, 6) is 0.994. The highest BCUT2D eigenvalue weighted by atomic mass is 79.9. The molecule has 0 N–H and O–H groups in total. The number of aryl methyl sites for hydroxylation is 1. The number of methoxy groups -OCH3 is 1. The molecule has 0 radical (unpaired) electrons. The summed E-state index contributed by atoms with van der Waals surface area (Å²) < 4.78 is 6.70. The Morgan fingerprint density at radius 2 is 1.75 bits per heavy atom. The first-order valence-corrected chi connectivity index (χ1v) is 9.84. The molecule has 5 heteroatoms. The van der Waals surface area contributed by atoms with Crippen LogP contribution < -0.4 is 4.74 Å². The van der Waals surface area contributed by atoms with E-state index in [0.717, 1.165) is 22.8 Å². The van der Waals surface area contributed by atoms with Crippen molar-refractivity contribution in [3.63, 3.8) is 0 Å².